The summed E-state index contributed by atoms with van der Waals surface area (Å²) in [7, 11) is 2.58. The highest BCUT2D eigenvalue weighted by Gasteiger charge is 2.35. The molecule has 0 atom stereocenters. The van der Waals surface area contributed by atoms with Crippen molar-refractivity contribution in [3.8, 4) is 11.5 Å². The van der Waals surface area contributed by atoms with Crippen molar-refractivity contribution in [3.05, 3.63) is 64.1 Å². The first-order valence-corrected chi connectivity index (χ1v) is 9.36. The van der Waals surface area contributed by atoms with Gasteiger partial charge < -0.3 is 19.5 Å². The SMILES string of the molecule is COC(=O)CN1C(=O)NC(=Cc2cc(Cl)c(OCc3ccc(F)cc3)c(OC)c2)C1=O. The summed E-state index contributed by atoms with van der Waals surface area (Å²) >= 11 is 6.33. The van der Waals surface area contributed by atoms with Gasteiger partial charge in [-0.2, -0.15) is 0 Å². The summed E-state index contributed by atoms with van der Waals surface area (Å²) in [6, 6.07) is 8.18. The van der Waals surface area contributed by atoms with E-state index >= 15 is 0 Å². The topological polar surface area (TPSA) is 94.2 Å². The highest BCUT2D eigenvalue weighted by atomic mass is 35.5. The molecule has 0 aliphatic carbocycles. The molecule has 0 bridgehead atoms. The van der Waals surface area contributed by atoms with Gasteiger partial charge in [0.05, 0.1) is 19.2 Å². The highest BCUT2D eigenvalue weighted by molar-refractivity contribution is 6.32. The van der Waals surface area contributed by atoms with Crippen LogP contribution in [0.3, 0.4) is 0 Å². The van der Waals surface area contributed by atoms with Gasteiger partial charge in [0.15, 0.2) is 11.5 Å². The Kier molecular flexibility index (Phi) is 6.76. The number of benzene rings is 2. The molecule has 0 radical (unpaired) electrons. The van der Waals surface area contributed by atoms with Crippen LogP contribution in [0.1, 0.15) is 11.1 Å². The minimum atomic E-state index is -0.737. The zero-order valence-corrected chi connectivity index (χ0v) is 17.4. The number of nitrogens with zero attached hydrogens (tertiary/aromatic N) is 1. The molecule has 162 valence electrons. The first-order chi connectivity index (χ1) is 14.8. The van der Waals surface area contributed by atoms with E-state index in [9.17, 15) is 18.8 Å². The number of methoxy groups -OCH3 is 2. The van der Waals surface area contributed by atoms with Gasteiger partial charge in [-0.05, 0) is 41.5 Å². The summed E-state index contributed by atoms with van der Waals surface area (Å²) in [5.41, 5.74) is 1.15. The van der Waals surface area contributed by atoms with E-state index in [1.165, 1.54) is 31.4 Å². The number of halogens is 2. The van der Waals surface area contributed by atoms with E-state index in [0.717, 1.165) is 17.6 Å². The number of carbonyl (C=O) groups is 3. The maximum Gasteiger partial charge on any atom is 0.329 e. The van der Waals surface area contributed by atoms with Crippen molar-refractivity contribution >= 4 is 35.6 Å². The average Bonchev–Trinajstić information content (AvgIpc) is 3.01. The van der Waals surface area contributed by atoms with Crippen molar-refractivity contribution in [3.63, 3.8) is 0 Å². The van der Waals surface area contributed by atoms with E-state index in [1.54, 1.807) is 18.2 Å². The smallest absolute Gasteiger partial charge is 0.329 e. The van der Waals surface area contributed by atoms with E-state index < -0.39 is 24.5 Å². The van der Waals surface area contributed by atoms with Gasteiger partial charge in [0, 0.05) is 0 Å². The van der Waals surface area contributed by atoms with E-state index in [2.05, 4.69) is 10.1 Å². The van der Waals surface area contributed by atoms with Gasteiger partial charge in [-0.3, -0.25) is 9.59 Å². The van der Waals surface area contributed by atoms with E-state index in [0.29, 0.717) is 11.3 Å². The van der Waals surface area contributed by atoms with Gasteiger partial charge in [-0.25, -0.2) is 14.1 Å². The zero-order chi connectivity index (χ0) is 22.5. The van der Waals surface area contributed by atoms with Gasteiger partial charge in [0.25, 0.3) is 5.91 Å². The zero-order valence-electron chi connectivity index (χ0n) is 16.6. The number of nitrogens with one attached hydrogen (secondary N) is 1. The quantitative estimate of drug-likeness (QED) is 0.397. The molecule has 3 rings (SSSR count). The van der Waals surface area contributed by atoms with Crippen LogP contribution in [-0.4, -0.2) is 43.6 Å². The second kappa shape index (κ2) is 9.48. The molecule has 1 saturated heterocycles. The van der Waals surface area contributed by atoms with Crippen LogP contribution >= 0.6 is 11.6 Å². The van der Waals surface area contributed by atoms with Crippen molar-refractivity contribution in [2.24, 2.45) is 0 Å². The van der Waals surface area contributed by atoms with Crippen LogP contribution in [0.4, 0.5) is 9.18 Å². The Morgan fingerprint density at radius 2 is 1.90 bits per heavy atom. The van der Waals surface area contributed by atoms with Crippen LogP contribution in [-0.2, 0) is 20.9 Å². The molecule has 8 nitrogen and oxygen atoms in total. The molecule has 10 heteroatoms. The fourth-order valence-corrected chi connectivity index (χ4v) is 3.05. The minimum absolute atomic E-state index is 0.0352. The molecule has 31 heavy (non-hydrogen) atoms. The number of carbonyl (C=O) groups excluding carboxylic acids is 3. The molecule has 1 fully saturated rings. The van der Waals surface area contributed by atoms with Crippen LogP contribution in [0.5, 0.6) is 11.5 Å². The number of esters is 1. The lowest BCUT2D eigenvalue weighted by Gasteiger charge is -2.13. The summed E-state index contributed by atoms with van der Waals surface area (Å²) < 4.78 is 28.6. The summed E-state index contributed by atoms with van der Waals surface area (Å²) in [6.07, 6.45) is 1.40. The molecular weight excluding hydrogens is 431 g/mol. The maximum absolute atomic E-state index is 13.0. The van der Waals surface area contributed by atoms with Crippen LogP contribution in [0, 0.1) is 5.82 Å². The lowest BCUT2D eigenvalue weighted by molar-refractivity contribution is -0.143. The molecule has 2 aromatic carbocycles. The normalized spacial score (nSPS) is 14.6. The van der Waals surface area contributed by atoms with Gasteiger partial charge in [-0.1, -0.05) is 23.7 Å². The van der Waals surface area contributed by atoms with Crippen LogP contribution in [0.2, 0.25) is 5.02 Å². The molecule has 0 unspecified atom stereocenters. The highest BCUT2D eigenvalue weighted by Crippen LogP contribution is 2.37. The molecule has 3 amide bonds. The average molecular weight is 449 g/mol. The van der Waals surface area contributed by atoms with Crippen LogP contribution in [0.25, 0.3) is 6.08 Å². The first kappa shape index (κ1) is 22.1. The monoisotopic (exact) mass is 448 g/mol. The fraction of sp³-hybridized carbons (Fsp3) is 0.190. The van der Waals surface area contributed by atoms with Crippen molar-refractivity contribution in [1.82, 2.24) is 10.2 Å². The lowest BCUT2D eigenvalue weighted by atomic mass is 10.1. The minimum Gasteiger partial charge on any atom is -0.493 e. The maximum atomic E-state index is 13.0. The van der Waals surface area contributed by atoms with E-state index in [1.807, 2.05) is 0 Å². The molecular formula is C21H18ClFN2O6. The Labute approximate surface area is 182 Å². The molecule has 1 aliphatic heterocycles. The Bertz CT molecular complexity index is 1050. The summed E-state index contributed by atoms with van der Waals surface area (Å²) in [5, 5.41) is 2.60. The molecule has 0 spiro atoms. The summed E-state index contributed by atoms with van der Waals surface area (Å²) in [5.74, 6) is -1.19. The summed E-state index contributed by atoms with van der Waals surface area (Å²) in [6.45, 7) is -0.368. The third-order valence-corrected chi connectivity index (χ3v) is 4.62. The fourth-order valence-electron chi connectivity index (χ4n) is 2.77. The number of imide groups is 1. The van der Waals surface area contributed by atoms with Crippen molar-refractivity contribution in [1.29, 1.82) is 0 Å². The molecule has 1 N–H and O–H groups in total. The Morgan fingerprint density at radius 3 is 2.55 bits per heavy atom. The van der Waals surface area contributed by atoms with Gasteiger partial charge >= 0.3 is 12.0 Å². The number of rotatable bonds is 7. The van der Waals surface area contributed by atoms with Gasteiger partial charge in [-0.15, -0.1) is 0 Å². The predicted molar refractivity (Wildman–Crippen MR) is 109 cm³/mol. The summed E-state index contributed by atoms with van der Waals surface area (Å²) in [4.78, 5) is 36.5. The standard InChI is InChI=1S/C21H18ClFN2O6/c1-29-17-9-13(8-16-20(27)25(21(28)24-16)10-18(26)30-2)7-15(22)19(17)31-11-12-3-5-14(23)6-4-12/h3-9H,10-11H2,1-2H3,(H,24,28). The molecule has 0 saturated carbocycles. The predicted octanol–water partition coefficient (Wildman–Crippen LogP) is 3.13. The number of ether oxygens (including phenoxy) is 3. The largest absolute Gasteiger partial charge is 0.493 e. The third-order valence-electron chi connectivity index (χ3n) is 4.34. The van der Waals surface area contributed by atoms with Crippen molar-refractivity contribution in [2.75, 3.05) is 20.8 Å². The number of hydrogen-bond donors (Lipinski definition) is 1. The van der Waals surface area contributed by atoms with Crippen molar-refractivity contribution < 1.29 is 33.0 Å². The molecule has 1 aliphatic rings. The Balaban J connectivity index is 1.80. The number of amides is 3. The van der Waals surface area contributed by atoms with Gasteiger partial charge in [0.1, 0.15) is 24.7 Å². The second-order valence-corrected chi connectivity index (χ2v) is 6.81. The molecule has 0 aromatic heterocycles. The van der Waals surface area contributed by atoms with Gasteiger partial charge in [0.2, 0.25) is 0 Å². The molecule has 1 heterocycles. The Hall–Kier alpha value is -3.59. The van der Waals surface area contributed by atoms with E-state index in [4.69, 9.17) is 21.1 Å². The van der Waals surface area contributed by atoms with Crippen LogP contribution in [0.15, 0.2) is 42.1 Å². The number of urea groups is 1. The van der Waals surface area contributed by atoms with Crippen LogP contribution < -0.4 is 14.8 Å². The second-order valence-electron chi connectivity index (χ2n) is 6.40. The molecule has 2 aromatic rings. The lowest BCUT2D eigenvalue weighted by Crippen LogP contribution is -2.36. The first-order valence-electron chi connectivity index (χ1n) is 8.98. The third kappa shape index (κ3) is 5.13. The van der Waals surface area contributed by atoms with Crippen molar-refractivity contribution in [2.45, 2.75) is 6.61 Å². The Morgan fingerprint density at radius 1 is 1.19 bits per heavy atom. The van der Waals surface area contributed by atoms with E-state index in [-0.39, 0.29) is 28.9 Å². The number of hydrogen-bond acceptors (Lipinski definition) is 6.